The largest absolute Gasteiger partial charge is 0.481 e. The Bertz CT molecular complexity index is 477. The third-order valence-electron chi connectivity index (χ3n) is 2.10. The molecule has 0 bridgehead atoms. The molecule has 1 aromatic rings. The van der Waals surface area contributed by atoms with Crippen LogP contribution < -0.4 is 5.32 Å². The summed E-state index contributed by atoms with van der Waals surface area (Å²) in [5.74, 6) is -1.27. The van der Waals surface area contributed by atoms with Crippen molar-refractivity contribution in [3.63, 3.8) is 0 Å². The van der Waals surface area contributed by atoms with Crippen LogP contribution in [0.25, 0.3) is 6.08 Å². The Morgan fingerprint density at radius 2 is 2.22 bits per heavy atom. The maximum absolute atomic E-state index is 11.6. The summed E-state index contributed by atoms with van der Waals surface area (Å²) in [6.45, 7) is 5.22. The molecular formula is C12H16N2O3S. The second-order valence-electron chi connectivity index (χ2n) is 4.57. The number of carbonyl (C=O) groups excluding carboxylic acids is 1. The van der Waals surface area contributed by atoms with Crippen LogP contribution in [0, 0.1) is 6.92 Å². The smallest absolute Gasteiger partial charge is 0.305 e. The van der Waals surface area contributed by atoms with E-state index in [4.69, 9.17) is 5.11 Å². The summed E-state index contributed by atoms with van der Waals surface area (Å²) in [4.78, 5) is 26.4. The van der Waals surface area contributed by atoms with Crippen molar-refractivity contribution in [2.24, 2.45) is 0 Å². The molecule has 0 aliphatic carbocycles. The Morgan fingerprint density at radius 3 is 2.72 bits per heavy atom. The number of carboxylic acids is 1. The normalized spacial score (nSPS) is 11.7. The van der Waals surface area contributed by atoms with Crippen LogP contribution in [0.3, 0.4) is 0 Å². The summed E-state index contributed by atoms with van der Waals surface area (Å²) in [7, 11) is 0. The van der Waals surface area contributed by atoms with Gasteiger partial charge in [-0.1, -0.05) is 0 Å². The van der Waals surface area contributed by atoms with Crippen LogP contribution in [-0.2, 0) is 9.59 Å². The number of nitrogens with zero attached hydrogens (tertiary/aromatic N) is 1. The average molecular weight is 268 g/mol. The molecule has 1 heterocycles. The van der Waals surface area contributed by atoms with Gasteiger partial charge in [-0.25, -0.2) is 4.98 Å². The van der Waals surface area contributed by atoms with E-state index >= 15 is 0 Å². The Balaban J connectivity index is 2.56. The van der Waals surface area contributed by atoms with Crippen LogP contribution in [0.4, 0.5) is 0 Å². The van der Waals surface area contributed by atoms with E-state index in [9.17, 15) is 9.59 Å². The zero-order valence-electron chi connectivity index (χ0n) is 10.6. The molecule has 0 fully saturated rings. The van der Waals surface area contributed by atoms with Crippen molar-refractivity contribution in [2.75, 3.05) is 0 Å². The highest BCUT2D eigenvalue weighted by atomic mass is 32.1. The van der Waals surface area contributed by atoms with Crippen LogP contribution in [0.5, 0.6) is 0 Å². The molecule has 6 heteroatoms. The maximum Gasteiger partial charge on any atom is 0.305 e. The first-order valence-electron chi connectivity index (χ1n) is 5.43. The first-order valence-corrected chi connectivity index (χ1v) is 6.31. The number of nitrogens with one attached hydrogen (secondary N) is 1. The van der Waals surface area contributed by atoms with Crippen molar-refractivity contribution in [1.82, 2.24) is 10.3 Å². The van der Waals surface area contributed by atoms with Gasteiger partial charge >= 0.3 is 5.97 Å². The molecular weight excluding hydrogens is 252 g/mol. The minimum atomic E-state index is -0.945. The van der Waals surface area contributed by atoms with Crippen molar-refractivity contribution in [1.29, 1.82) is 0 Å². The number of carboxylic acid groups (broad SMARTS) is 1. The summed E-state index contributed by atoms with van der Waals surface area (Å²) in [5.41, 5.74) is -0.0469. The topological polar surface area (TPSA) is 79.3 Å². The van der Waals surface area contributed by atoms with Crippen molar-refractivity contribution < 1.29 is 14.7 Å². The lowest BCUT2D eigenvalue weighted by molar-refractivity contribution is -0.138. The monoisotopic (exact) mass is 268 g/mol. The summed E-state index contributed by atoms with van der Waals surface area (Å²) < 4.78 is 0. The molecule has 0 aromatic carbocycles. The highest BCUT2D eigenvalue weighted by Gasteiger charge is 2.22. The van der Waals surface area contributed by atoms with Crippen LogP contribution in [-0.4, -0.2) is 27.5 Å². The molecule has 2 N–H and O–H groups in total. The number of aromatic nitrogens is 1. The van der Waals surface area contributed by atoms with Gasteiger partial charge in [0, 0.05) is 17.0 Å². The van der Waals surface area contributed by atoms with Crippen LogP contribution in [0.15, 0.2) is 11.5 Å². The average Bonchev–Trinajstić information content (AvgIpc) is 2.58. The molecule has 0 atom stereocenters. The summed E-state index contributed by atoms with van der Waals surface area (Å²) in [6, 6.07) is 0. The molecule has 1 rings (SSSR count). The molecule has 0 aliphatic rings. The number of carbonyl (C=O) groups is 2. The van der Waals surface area contributed by atoms with E-state index in [0.29, 0.717) is 0 Å². The number of aryl methyl sites for hydroxylation is 1. The Morgan fingerprint density at radius 1 is 1.56 bits per heavy atom. The van der Waals surface area contributed by atoms with Crippen LogP contribution in [0.2, 0.25) is 0 Å². The fourth-order valence-corrected chi connectivity index (χ4v) is 2.00. The van der Waals surface area contributed by atoms with E-state index in [1.807, 2.05) is 12.3 Å². The molecule has 0 saturated heterocycles. The summed E-state index contributed by atoms with van der Waals surface area (Å²) in [5, 5.41) is 14.1. The van der Waals surface area contributed by atoms with Gasteiger partial charge in [-0.05, 0) is 26.8 Å². The minimum absolute atomic E-state index is 0.123. The maximum atomic E-state index is 11.6. The second-order valence-corrected chi connectivity index (χ2v) is 5.63. The van der Waals surface area contributed by atoms with E-state index in [0.717, 1.165) is 10.7 Å². The fraction of sp³-hybridized carbons (Fsp3) is 0.417. The number of aliphatic carboxylic acids is 1. The van der Waals surface area contributed by atoms with Crippen molar-refractivity contribution in [3.8, 4) is 0 Å². The molecule has 0 aliphatic heterocycles. The molecule has 5 nitrogen and oxygen atoms in total. The van der Waals surface area contributed by atoms with Gasteiger partial charge in [0.05, 0.1) is 17.1 Å². The number of rotatable bonds is 5. The van der Waals surface area contributed by atoms with Crippen molar-refractivity contribution in [2.45, 2.75) is 32.7 Å². The lowest BCUT2D eigenvalue weighted by Gasteiger charge is -2.23. The molecule has 0 radical (unpaired) electrons. The molecule has 1 aromatic heterocycles. The van der Waals surface area contributed by atoms with Gasteiger partial charge in [0.25, 0.3) is 0 Å². The Labute approximate surface area is 110 Å². The Hall–Kier alpha value is -1.69. The summed E-state index contributed by atoms with van der Waals surface area (Å²) >= 11 is 1.51. The van der Waals surface area contributed by atoms with E-state index in [1.54, 1.807) is 19.9 Å². The highest BCUT2D eigenvalue weighted by molar-refractivity contribution is 7.09. The lowest BCUT2D eigenvalue weighted by Crippen LogP contribution is -2.44. The SMILES string of the molecule is Cc1nc(C=CC(=O)NC(C)(C)CC(=O)O)cs1. The first kappa shape index (κ1) is 14.4. The second kappa shape index (κ2) is 5.77. The minimum Gasteiger partial charge on any atom is -0.481 e. The standard InChI is InChI=1S/C12H16N2O3S/c1-8-13-9(7-18-8)4-5-10(15)14-12(2,3)6-11(16)17/h4-5,7H,6H2,1-3H3,(H,14,15)(H,16,17). The number of hydrogen-bond donors (Lipinski definition) is 2. The highest BCUT2D eigenvalue weighted by Crippen LogP contribution is 2.10. The van der Waals surface area contributed by atoms with Gasteiger partial charge in [-0.15, -0.1) is 11.3 Å². The number of thiazole rings is 1. The van der Waals surface area contributed by atoms with Gasteiger partial charge in [0.2, 0.25) is 5.91 Å². The van der Waals surface area contributed by atoms with Gasteiger partial charge in [-0.2, -0.15) is 0 Å². The van der Waals surface area contributed by atoms with E-state index in [-0.39, 0.29) is 12.3 Å². The van der Waals surface area contributed by atoms with Crippen molar-refractivity contribution >= 4 is 29.3 Å². The molecule has 98 valence electrons. The van der Waals surface area contributed by atoms with E-state index in [1.165, 1.54) is 17.4 Å². The fourth-order valence-electron chi connectivity index (χ4n) is 1.42. The van der Waals surface area contributed by atoms with Gasteiger partial charge < -0.3 is 10.4 Å². The van der Waals surface area contributed by atoms with Crippen molar-refractivity contribution in [3.05, 3.63) is 22.2 Å². The lowest BCUT2D eigenvalue weighted by atomic mass is 10.0. The van der Waals surface area contributed by atoms with Crippen LogP contribution in [0.1, 0.15) is 31.0 Å². The third kappa shape index (κ3) is 5.09. The van der Waals surface area contributed by atoms with Gasteiger partial charge in [0.1, 0.15) is 0 Å². The quantitative estimate of drug-likeness (QED) is 0.798. The van der Waals surface area contributed by atoms with E-state index < -0.39 is 11.5 Å². The molecule has 18 heavy (non-hydrogen) atoms. The summed E-state index contributed by atoms with van der Waals surface area (Å²) in [6.07, 6.45) is 2.84. The predicted molar refractivity (Wildman–Crippen MR) is 70.4 cm³/mol. The molecule has 0 saturated carbocycles. The predicted octanol–water partition coefficient (Wildman–Crippen LogP) is 1.83. The molecule has 0 unspecified atom stereocenters. The zero-order chi connectivity index (χ0) is 13.8. The third-order valence-corrected chi connectivity index (χ3v) is 2.89. The van der Waals surface area contributed by atoms with Gasteiger partial charge in [0.15, 0.2) is 0 Å². The van der Waals surface area contributed by atoms with E-state index in [2.05, 4.69) is 10.3 Å². The van der Waals surface area contributed by atoms with Gasteiger partial charge in [-0.3, -0.25) is 9.59 Å². The molecule has 1 amide bonds. The number of hydrogen-bond acceptors (Lipinski definition) is 4. The zero-order valence-corrected chi connectivity index (χ0v) is 11.4. The van der Waals surface area contributed by atoms with Crippen LogP contribution >= 0.6 is 11.3 Å². The molecule has 0 spiro atoms. The first-order chi connectivity index (χ1) is 8.28. The number of amides is 1. The Kier molecular flexibility index (Phi) is 4.61.